The summed E-state index contributed by atoms with van der Waals surface area (Å²) in [6.07, 6.45) is 3.45. The van der Waals surface area contributed by atoms with Crippen molar-refractivity contribution in [2.75, 3.05) is 27.3 Å². The van der Waals surface area contributed by atoms with Crippen molar-refractivity contribution in [1.82, 2.24) is 20.1 Å². The highest BCUT2D eigenvalue weighted by atomic mass is 32.2. The van der Waals surface area contributed by atoms with Gasteiger partial charge in [0, 0.05) is 24.8 Å². The lowest BCUT2D eigenvalue weighted by Gasteiger charge is -2.21. The van der Waals surface area contributed by atoms with Gasteiger partial charge in [-0.1, -0.05) is 11.8 Å². The van der Waals surface area contributed by atoms with Gasteiger partial charge in [0.25, 0.3) is 0 Å². The van der Waals surface area contributed by atoms with Gasteiger partial charge in [-0.05, 0) is 50.0 Å². The van der Waals surface area contributed by atoms with Gasteiger partial charge >= 0.3 is 0 Å². The molecule has 0 unspecified atom stereocenters. The van der Waals surface area contributed by atoms with E-state index in [2.05, 4.69) is 27.1 Å². The smallest absolute Gasteiger partial charge is 0.191 e. The highest BCUT2D eigenvalue weighted by Crippen LogP contribution is 2.30. The largest absolute Gasteiger partial charge is 0.497 e. The fourth-order valence-electron chi connectivity index (χ4n) is 3.13. The van der Waals surface area contributed by atoms with Crippen LogP contribution in [-0.4, -0.2) is 42.1 Å². The first-order valence-corrected chi connectivity index (χ1v) is 9.62. The predicted octanol–water partition coefficient (Wildman–Crippen LogP) is 2.67. The Morgan fingerprint density at radius 2 is 2.00 bits per heavy atom. The van der Waals surface area contributed by atoms with Crippen LogP contribution in [0.25, 0.3) is 0 Å². The molecule has 0 radical (unpaired) electrons. The second-order valence-corrected chi connectivity index (χ2v) is 7.26. The highest BCUT2D eigenvalue weighted by Gasteiger charge is 2.18. The molecule has 1 aliphatic rings. The lowest BCUT2D eigenvalue weighted by atomic mass is 9.94. The van der Waals surface area contributed by atoms with Crippen LogP contribution >= 0.6 is 11.8 Å². The summed E-state index contributed by atoms with van der Waals surface area (Å²) in [4.78, 5) is 0. The van der Waals surface area contributed by atoms with E-state index in [4.69, 9.17) is 9.47 Å². The molecule has 6 nitrogen and oxygen atoms in total. The molecule has 0 bridgehead atoms. The zero-order valence-corrected chi connectivity index (χ0v) is 15.9. The van der Waals surface area contributed by atoms with Crippen LogP contribution < -0.4 is 14.8 Å². The minimum Gasteiger partial charge on any atom is -0.497 e. The molecule has 136 valence electrons. The van der Waals surface area contributed by atoms with E-state index in [0.717, 1.165) is 53.3 Å². The third kappa shape index (κ3) is 4.46. The second-order valence-electron chi connectivity index (χ2n) is 6.32. The van der Waals surface area contributed by atoms with E-state index < -0.39 is 0 Å². The minimum atomic E-state index is 0.709. The summed E-state index contributed by atoms with van der Waals surface area (Å²) < 4.78 is 12.9. The van der Waals surface area contributed by atoms with E-state index in [1.165, 1.54) is 12.8 Å². The van der Waals surface area contributed by atoms with Crippen molar-refractivity contribution in [3.63, 3.8) is 0 Å². The molecule has 3 rings (SSSR count). The number of methoxy groups -OCH3 is 2. The number of nitrogens with zero attached hydrogens (tertiary/aromatic N) is 3. The summed E-state index contributed by atoms with van der Waals surface area (Å²) in [7, 11) is 5.42. The maximum absolute atomic E-state index is 5.45. The first-order chi connectivity index (χ1) is 12.2. The summed E-state index contributed by atoms with van der Waals surface area (Å²) in [6.45, 7) is 2.22. The maximum Gasteiger partial charge on any atom is 0.191 e. The zero-order chi connectivity index (χ0) is 17.6. The van der Waals surface area contributed by atoms with Crippen molar-refractivity contribution in [3.8, 4) is 11.5 Å². The third-order valence-corrected chi connectivity index (χ3v) is 5.77. The van der Waals surface area contributed by atoms with Gasteiger partial charge < -0.3 is 19.4 Å². The summed E-state index contributed by atoms with van der Waals surface area (Å²) in [6, 6.07) is 5.86. The van der Waals surface area contributed by atoms with Gasteiger partial charge in [0.05, 0.1) is 14.2 Å². The number of aromatic nitrogens is 3. The summed E-state index contributed by atoms with van der Waals surface area (Å²) in [5.74, 6) is 4.25. The zero-order valence-electron chi connectivity index (χ0n) is 15.1. The molecule has 1 N–H and O–H groups in total. The van der Waals surface area contributed by atoms with Crippen LogP contribution in [0.15, 0.2) is 23.4 Å². The fourth-order valence-corrected chi connectivity index (χ4v) is 4.04. The minimum absolute atomic E-state index is 0.709. The van der Waals surface area contributed by atoms with E-state index in [1.54, 1.807) is 26.0 Å². The van der Waals surface area contributed by atoms with Crippen molar-refractivity contribution in [3.05, 3.63) is 29.6 Å². The molecule has 7 heteroatoms. The quantitative estimate of drug-likeness (QED) is 0.764. The van der Waals surface area contributed by atoms with E-state index in [-0.39, 0.29) is 0 Å². The molecule has 0 aliphatic carbocycles. The second kappa shape index (κ2) is 8.58. The monoisotopic (exact) mass is 362 g/mol. The molecule has 1 saturated heterocycles. The Kier molecular flexibility index (Phi) is 6.20. The molecule has 1 aromatic carbocycles. The van der Waals surface area contributed by atoms with E-state index >= 15 is 0 Å². The predicted molar refractivity (Wildman–Crippen MR) is 99.4 cm³/mol. The van der Waals surface area contributed by atoms with Crippen LogP contribution in [0.5, 0.6) is 11.5 Å². The molecule has 1 aromatic heterocycles. The molecular weight excluding hydrogens is 336 g/mol. The molecule has 1 fully saturated rings. The van der Waals surface area contributed by atoms with Crippen LogP contribution in [0.4, 0.5) is 0 Å². The van der Waals surface area contributed by atoms with E-state index in [9.17, 15) is 0 Å². The van der Waals surface area contributed by atoms with Gasteiger partial charge in [-0.3, -0.25) is 0 Å². The van der Waals surface area contributed by atoms with Crippen LogP contribution in [-0.2, 0) is 19.2 Å². The molecule has 0 amide bonds. The Labute approximate surface area is 153 Å². The number of ether oxygens (including phenoxy) is 2. The standard InChI is InChI=1S/C18H26N4O2S/c1-22-17(10-13-6-8-19-9-7-13)20-21-18(22)25-12-14-11-15(23-2)4-5-16(14)24-3/h4-5,11,13,19H,6-10,12H2,1-3H3. The van der Waals surface area contributed by atoms with Crippen LogP contribution in [0.2, 0.25) is 0 Å². The Morgan fingerprint density at radius 1 is 1.20 bits per heavy atom. The third-order valence-electron chi connectivity index (χ3n) is 4.70. The molecule has 2 heterocycles. The van der Waals surface area contributed by atoms with Gasteiger partial charge in [0.15, 0.2) is 5.16 Å². The SMILES string of the molecule is COc1ccc(OC)c(CSc2nnc(CC3CCNCC3)n2C)c1. The van der Waals surface area contributed by atoms with Gasteiger partial charge in [-0.2, -0.15) is 0 Å². The summed E-state index contributed by atoms with van der Waals surface area (Å²) in [5, 5.41) is 13.1. The summed E-state index contributed by atoms with van der Waals surface area (Å²) in [5.41, 5.74) is 1.09. The molecular formula is C18H26N4O2S. The average Bonchev–Trinajstić information content (AvgIpc) is 3.00. The number of nitrogens with one attached hydrogen (secondary N) is 1. The number of hydrogen-bond acceptors (Lipinski definition) is 6. The van der Waals surface area contributed by atoms with Crippen molar-refractivity contribution < 1.29 is 9.47 Å². The van der Waals surface area contributed by atoms with Crippen LogP contribution in [0.3, 0.4) is 0 Å². The van der Waals surface area contributed by atoms with Gasteiger partial charge in [0.1, 0.15) is 17.3 Å². The highest BCUT2D eigenvalue weighted by molar-refractivity contribution is 7.98. The lowest BCUT2D eigenvalue weighted by molar-refractivity contribution is 0.363. The van der Waals surface area contributed by atoms with Crippen LogP contribution in [0.1, 0.15) is 24.2 Å². The molecule has 25 heavy (non-hydrogen) atoms. The van der Waals surface area contributed by atoms with E-state index in [1.807, 2.05) is 18.2 Å². The topological polar surface area (TPSA) is 61.2 Å². The first kappa shape index (κ1) is 18.1. The van der Waals surface area contributed by atoms with Crippen molar-refractivity contribution in [2.45, 2.75) is 30.2 Å². The molecule has 0 saturated carbocycles. The number of piperidine rings is 1. The fraction of sp³-hybridized carbons (Fsp3) is 0.556. The van der Waals surface area contributed by atoms with Gasteiger partial charge in [-0.25, -0.2) is 0 Å². The number of hydrogen-bond donors (Lipinski definition) is 1. The Hall–Kier alpha value is -1.73. The van der Waals surface area contributed by atoms with Crippen molar-refractivity contribution in [2.24, 2.45) is 13.0 Å². The van der Waals surface area contributed by atoms with E-state index in [0.29, 0.717) is 5.92 Å². The average molecular weight is 362 g/mol. The molecule has 2 aromatic rings. The number of rotatable bonds is 7. The van der Waals surface area contributed by atoms with Gasteiger partial charge in [-0.15, -0.1) is 10.2 Å². The first-order valence-electron chi connectivity index (χ1n) is 8.64. The van der Waals surface area contributed by atoms with Crippen molar-refractivity contribution >= 4 is 11.8 Å². The normalized spacial score (nSPS) is 15.3. The molecule has 1 aliphatic heterocycles. The van der Waals surface area contributed by atoms with Gasteiger partial charge in [0.2, 0.25) is 0 Å². The van der Waals surface area contributed by atoms with Crippen molar-refractivity contribution in [1.29, 1.82) is 0 Å². The number of thioether (sulfide) groups is 1. The Balaban J connectivity index is 1.65. The molecule has 0 spiro atoms. The maximum atomic E-state index is 5.45. The summed E-state index contributed by atoms with van der Waals surface area (Å²) >= 11 is 1.67. The number of benzene rings is 1. The lowest BCUT2D eigenvalue weighted by Crippen LogP contribution is -2.29. The van der Waals surface area contributed by atoms with Crippen LogP contribution in [0, 0.1) is 5.92 Å². The Bertz CT molecular complexity index is 698. The molecule has 0 atom stereocenters. The Morgan fingerprint density at radius 3 is 2.72 bits per heavy atom.